The smallest absolute Gasteiger partial charge is 0.137 e. The Morgan fingerprint density at radius 2 is 2.29 bits per heavy atom. The van der Waals surface area contributed by atoms with Crippen LogP contribution >= 0.6 is 0 Å². The molecule has 1 aliphatic rings. The van der Waals surface area contributed by atoms with Crippen LogP contribution in [0.4, 0.5) is 0 Å². The minimum atomic E-state index is 0.398. The number of nitrogens with two attached hydrogens (primary N) is 1. The third kappa shape index (κ3) is 1.75. The fraction of sp³-hybridized carbons (Fsp3) is 0.500. The zero-order valence-corrected chi connectivity index (χ0v) is 10.5. The van der Waals surface area contributed by atoms with Gasteiger partial charge in [-0.1, -0.05) is 13.8 Å². The van der Waals surface area contributed by atoms with Crippen molar-refractivity contribution in [2.75, 3.05) is 0 Å². The second-order valence-electron chi connectivity index (χ2n) is 5.81. The maximum atomic E-state index is 5.67. The first-order chi connectivity index (χ1) is 8.09. The summed E-state index contributed by atoms with van der Waals surface area (Å²) >= 11 is 0. The highest BCUT2D eigenvalue weighted by Gasteiger charge is 2.28. The van der Waals surface area contributed by atoms with E-state index < -0.39 is 0 Å². The van der Waals surface area contributed by atoms with Crippen LogP contribution < -0.4 is 5.73 Å². The number of nitrogens with zero attached hydrogens (tertiary/aromatic N) is 2. The molecule has 0 radical (unpaired) electrons. The topological polar surface area (TPSA) is 43.3 Å². The summed E-state index contributed by atoms with van der Waals surface area (Å²) in [7, 11) is 0. The number of rotatable bonds is 1. The van der Waals surface area contributed by atoms with Crippen LogP contribution in [0.1, 0.15) is 37.2 Å². The van der Waals surface area contributed by atoms with Gasteiger partial charge in [0, 0.05) is 18.4 Å². The van der Waals surface area contributed by atoms with Gasteiger partial charge in [0.2, 0.25) is 0 Å². The van der Waals surface area contributed by atoms with E-state index in [2.05, 4.69) is 36.6 Å². The predicted molar refractivity (Wildman–Crippen MR) is 68.9 cm³/mol. The van der Waals surface area contributed by atoms with Gasteiger partial charge in [-0.25, -0.2) is 4.98 Å². The molecule has 2 N–H and O–H groups in total. The quantitative estimate of drug-likeness (QED) is 0.815. The molecule has 3 heteroatoms. The zero-order chi connectivity index (χ0) is 12.0. The molecule has 0 saturated heterocycles. The van der Waals surface area contributed by atoms with Gasteiger partial charge >= 0.3 is 0 Å². The molecule has 0 spiro atoms. The minimum absolute atomic E-state index is 0.398. The number of pyridine rings is 1. The van der Waals surface area contributed by atoms with Crippen molar-refractivity contribution >= 4 is 5.65 Å². The van der Waals surface area contributed by atoms with Crippen LogP contribution in [0.2, 0.25) is 0 Å². The third-order valence-corrected chi connectivity index (χ3v) is 3.79. The summed E-state index contributed by atoms with van der Waals surface area (Å²) < 4.78 is 2.23. The summed E-state index contributed by atoms with van der Waals surface area (Å²) in [6, 6.07) is 4.20. The summed E-state index contributed by atoms with van der Waals surface area (Å²) in [5.41, 5.74) is 10.9. The Morgan fingerprint density at radius 1 is 1.47 bits per heavy atom. The molecular weight excluding hydrogens is 210 g/mol. The molecule has 0 amide bonds. The van der Waals surface area contributed by atoms with Crippen LogP contribution in [0, 0.1) is 5.41 Å². The van der Waals surface area contributed by atoms with Gasteiger partial charge in [0.15, 0.2) is 0 Å². The number of hydrogen-bond acceptors (Lipinski definition) is 2. The molecule has 0 atom stereocenters. The molecule has 2 aromatic rings. The molecule has 3 rings (SSSR count). The van der Waals surface area contributed by atoms with E-state index in [1.165, 1.54) is 17.8 Å². The van der Waals surface area contributed by atoms with Crippen LogP contribution in [0.3, 0.4) is 0 Å². The standard InChI is InChI=1S/C14H19N3/c1-14(2)5-3-11-12(8-14)17-6-4-10(9-15)7-13(17)16-11/h4,6-7H,3,5,8-9,15H2,1-2H3. The van der Waals surface area contributed by atoms with E-state index >= 15 is 0 Å². The van der Waals surface area contributed by atoms with E-state index in [0.29, 0.717) is 12.0 Å². The van der Waals surface area contributed by atoms with E-state index in [4.69, 9.17) is 10.7 Å². The fourth-order valence-corrected chi connectivity index (χ4v) is 2.70. The lowest BCUT2D eigenvalue weighted by molar-refractivity contribution is 0.309. The molecule has 0 aromatic carbocycles. The minimum Gasteiger partial charge on any atom is -0.326 e. The maximum absolute atomic E-state index is 5.67. The summed E-state index contributed by atoms with van der Waals surface area (Å²) in [5.74, 6) is 0. The second kappa shape index (κ2) is 3.57. The van der Waals surface area contributed by atoms with Crippen LogP contribution in [-0.4, -0.2) is 9.38 Å². The van der Waals surface area contributed by atoms with Crippen LogP contribution in [0.25, 0.3) is 5.65 Å². The molecule has 3 nitrogen and oxygen atoms in total. The molecule has 0 fully saturated rings. The van der Waals surface area contributed by atoms with Gasteiger partial charge in [-0.15, -0.1) is 0 Å². The summed E-state index contributed by atoms with van der Waals surface area (Å²) in [5, 5.41) is 0. The highest BCUT2D eigenvalue weighted by Crippen LogP contribution is 2.34. The molecular formula is C14H19N3. The maximum Gasteiger partial charge on any atom is 0.137 e. The number of aryl methyl sites for hydroxylation is 1. The van der Waals surface area contributed by atoms with E-state index in [1.54, 1.807) is 0 Å². The van der Waals surface area contributed by atoms with Crippen LogP contribution in [-0.2, 0) is 19.4 Å². The number of hydrogen-bond donors (Lipinski definition) is 1. The monoisotopic (exact) mass is 229 g/mol. The Bertz CT molecular complexity index is 566. The van der Waals surface area contributed by atoms with Gasteiger partial charge in [-0.3, -0.25) is 0 Å². The Hall–Kier alpha value is -1.35. The lowest BCUT2D eigenvalue weighted by atomic mass is 9.78. The van der Waals surface area contributed by atoms with Gasteiger partial charge < -0.3 is 10.1 Å². The van der Waals surface area contributed by atoms with Gasteiger partial charge in [0.1, 0.15) is 5.65 Å². The van der Waals surface area contributed by atoms with Crippen molar-refractivity contribution in [2.45, 2.75) is 39.7 Å². The zero-order valence-electron chi connectivity index (χ0n) is 10.5. The first-order valence-corrected chi connectivity index (χ1v) is 6.28. The Morgan fingerprint density at radius 3 is 3.06 bits per heavy atom. The average Bonchev–Trinajstić information content (AvgIpc) is 2.64. The molecule has 0 bridgehead atoms. The largest absolute Gasteiger partial charge is 0.326 e. The van der Waals surface area contributed by atoms with Gasteiger partial charge in [0.05, 0.1) is 5.69 Å². The lowest BCUT2D eigenvalue weighted by Gasteiger charge is -2.28. The molecule has 17 heavy (non-hydrogen) atoms. The fourth-order valence-electron chi connectivity index (χ4n) is 2.70. The van der Waals surface area contributed by atoms with Crippen molar-refractivity contribution in [1.82, 2.24) is 9.38 Å². The summed E-state index contributed by atoms with van der Waals surface area (Å²) in [6.45, 7) is 5.26. The summed E-state index contributed by atoms with van der Waals surface area (Å²) in [4.78, 5) is 4.73. The SMILES string of the molecule is CC1(C)CCc2nc3cc(CN)ccn3c2C1. The van der Waals surface area contributed by atoms with Crippen LogP contribution in [0.5, 0.6) is 0 Å². The lowest BCUT2D eigenvalue weighted by Crippen LogP contribution is -2.22. The molecule has 2 aromatic heterocycles. The van der Waals surface area contributed by atoms with Gasteiger partial charge in [-0.05, 0) is 42.4 Å². The second-order valence-corrected chi connectivity index (χ2v) is 5.81. The van der Waals surface area contributed by atoms with E-state index in [9.17, 15) is 0 Å². The van der Waals surface area contributed by atoms with Crippen molar-refractivity contribution in [3.63, 3.8) is 0 Å². The molecule has 0 aliphatic heterocycles. The van der Waals surface area contributed by atoms with Crippen molar-refractivity contribution in [1.29, 1.82) is 0 Å². The first-order valence-electron chi connectivity index (χ1n) is 6.28. The van der Waals surface area contributed by atoms with E-state index in [-0.39, 0.29) is 0 Å². The average molecular weight is 229 g/mol. The highest BCUT2D eigenvalue weighted by atomic mass is 15.0. The van der Waals surface area contributed by atoms with Crippen molar-refractivity contribution in [3.05, 3.63) is 35.3 Å². The molecule has 2 heterocycles. The van der Waals surface area contributed by atoms with Crippen molar-refractivity contribution < 1.29 is 0 Å². The summed E-state index contributed by atoms with van der Waals surface area (Å²) in [6.07, 6.45) is 5.56. The van der Waals surface area contributed by atoms with E-state index in [1.807, 2.05) is 0 Å². The Kier molecular flexibility index (Phi) is 2.26. The van der Waals surface area contributed by atoms with Crippen molar-refractivity contribution in [2.24, 2.45) is 11.1 Å². The van der Waals surface area contributed by atoms with Gasteiger partial charge in [0.25, 0.3) is 0 Å². The molecule has 0 unspecified atom stereocenters. The third-order valence-electron chi connectivity index (χ3n) is 3.79. The van der Waals surface area contributed by atoms with Crippen LogP contribution in [0.15, 0.2) is 18.3 Å². The Labute approximate surface area is 102 Å². The van der Waals surface area contributed by atoms with Gasteiger partial charge in [-0.2, -0.15) is 0 Å². The number of imidazole rings is 1. The molecule has 1 aliphatic carbocycles. The van der Waals surface area contributed by atoms with E-state index in [0.717, 1.165) is 24.1 Å². The number of aromatic nitrogens is 2. The Balaban J connectivity index is 2.16. The van der Waals surface area contributed by atoms with Crippen molar-refractivity contribution in [3.8, 4) is 0 Å². The molecule has 90 valence electrons. The highest BCUT2D eigenvalue weighted by molar-refractivity contribution is 5.46. The molecule has 0 saturated carbocycles. The normalized spacial score (nSPS) is 18.3. The number of fused-ring (bicyclic) bond motifs is 3. The predicted octanol–water partition coefficient (Wildman–Crippen LogP) is 2.31. The first kappa shape index (κ1) is 10.8.